The van der Waals surface area contributed by atoms with Crippen molar-refractivity contribution in [2.45, 2.75) is 34.1 Å². The van der Waals surface area contributed by atoms with Gasteiger partial charge in [-0.1, -0.05) is 39.0 Å². The zero-order valence-corrected chi connectivity index (χ0v) is 14.3. The first-order valence-electron chi connectivity index (χ1n) is 8.10. The third-order valence-corrected chi connectivity index (χ3v) is 3.69. The Morgan fingerprint density at radius 1 is 1.26 bits per heavy atom. The average molecular weight is 311 g/mol. The van der Waals surface area contributed by atoms with Gasteiger partial charge in [0, 0.05) is 24.6 Å². The van der Waals surface area contributed by atoms with Crippen LogP contribution in [0.2, 0.25) is 0 Å². The van der Waals surface area contributed by atoms with Gasteiger partial charge in [0.1, 0.15) is 0 Å². The van der Waals surface area contributed by atoms with Crippen molar-refractivity contribution in [2.75, 3.05) is 17.2 Å². The summed E-state index contributed by atoms with van der Waals surface area (Å²) < 4.78 is 0. The molecule has 0 saturated heterocycles. The maximum atomic E-state index is 12.5. The molecule has 0 aliphatic heterocycles. The first kappa shape index (κ1) is 17.0. The molecule has 1 heterocycles. The first-order valence-corrected chi connectivity index (χ1v) is 8.10. The van der Waals surface area contributed by atoms with Crippen LogP contribution in [0.4, 0.5) is 11.4 Å². The smallest absolute Gasteiger partial charge is 0.257 e. The standard InChI is InChI=1S/C19H25N3O/c1-5-15-8-6-7-14(4)18(15)22-19(23)16-9-17(12-20-11-16)21-10-13(2)3/h6-9,11-13,21H,5,10H2,1-4H3,(H,22,23). The Labute approximate surface area is 138 Å². The van der Waals surface area contributed by atoms with Gasteiger partial charge in [-0.05, 0) is 36.5 Å². The highest BCUT2D eigenvalue weighted by Gasteiger charge is 2.11. The number of aromatic nitrogens is 1. The summed E-state index contributed by atoms with van der Waals surface area (Å²) in [5.74, 6) is 0.404. The minimum Gasteiger partial charge on any atom is -0.384 e. The van der Waals surface area contributed by atoms with Gasteiger partial charge < -0.3 is 10.6 Å². The number of benzene rings is 1. The number of nitrogens with zero attached hydrogens (tertiary/aromatic N) is 1. The molecule has 1 aromatic heterocycles. The summed E-state index contributed by atoms with van der Waals surface area (Å²) in [7, 11) is 0. The number of nitrogens with one attached hydrogen (secondary N) is 2. The summed E-state index contributed by atoms with van der Waals surface area (Å²) in [6, 6.07) is 7.91. The van der Waals surface area contributed by atoms with Gasteiger partial charge in [0.15, 0.2) is 0 Å². The molecule has 0 bridgehead atoms. The van der Waals surface area contributed by atoms with Crippen molar-refractivity contribution >= 4 is 17.3 Å². The van der Waals surface area contributed by atoms with Crippen LogP contribution in [0.5, 0.6) is 0 Å². The number of para-hydroxylation sites is 1. The second-order valence-electron chi connectivity index (χ2n) is 6.15. The number of anilines is 2. The normalized spacial score (nSPS) is 10.7. The van der Waals surface area contributed by atoms with Crippen LogP contribution in [0, 0.1) is 12.8 Å². The third-order valence-electron chi connectivity index (χ3n) is 3.69. The quantitative estimate of drug-likeness (QED) is 0.837. The van der Waals surface area contributed by atoms with Crippen molar-refractivity contribution in [2.24, 2.45) is 5.92 Å². The van der Waals surface area contributed by atoms with Crippen molar-refractivity contribution in [1.82, 2.24) is 4.98 Å². The third kappa shape index (κ3) is 4.55. The number of hydrogen-bond donors (Lipinski definition) is 2. The molecule has 2 rings (SSSR count). The second-order valence-corrected chi connectivity index (χ2v) is 6.15. The number of aryl methyl sites for hydroxylation is 2. The van der Waals surface area contributed by atoms with E-state index in [1.54, 1.807) is 12.4 Å². The van der Waals surface area contributed by atoms with Gasteiger partial charge in [-0.2, -0.15) is 0 Å². The average Bonchev–Trinajstić information content (AvgIpc) is 2.55. The highest BCUT2D eigenvalue weighted by molar-refractivity contribution is 6.05. The monoisotopic (exact) mass is 311 g/mol. The van der Waals surface area contributed by atoms with Gasteiger partial charge in [-0.15, -0.1) is 0 Å². The van der Waals surface area contributed by atoms with Gasteiger partial charge in [0.2, 0.25) is 0 Å². The van der Waals surface area contributed by atoms with Crippen LogP contribution in [-0.4, -0.2) is 17.4 Å². The molecular formula is C19H25N3O. The molecule has 0 unspecified atom stereocenters. The zero-order valence-electron chi connectivity index (χ0n) is 14.3. The Balaban J connectivity index is 2.17. The van der Waals surface area contributed by atoms with Crippen LogP contribution in [0.15, 0.2) is 36.7 Å². The number of carbonyl (C=O) groups is 1. The van der Waals surface area contributed by atoms with Gasteiger partial charge >= 0.3 is 0 Å². The molecule has 1 amide bonds. The maximum Gasteiger partial charge on any atom is 0.257 e. The highest BCUT2D eigenvalue weighted by Crippen LogP contribution is 2.22. The summed E-state index contributed by atoms with van der Waals surface area (Å²) in [6.07, 6.45) is 4.22. The summed E-state index contributed by atoms with van der Waals surface area (Å²) in [4.78, 5) is 16.7. The summed E-state index contributed by atoms with van der Waals surface area (Å²) >= 11 is 0. The molecule has 122 valence electrons. The van der Waals surface area contributed by atoms with Crippen molar-refractivity contribution in [3.63, 3.8) is 0 Å². The summed E-state index contributed by atoms with van der Waals surface area (Å²) in [6.45, 7) is 9.23. The fraction of sp³-hybridized carbons (Fsp3) is 0.368. The number of hydrogen-bond acceptors (Lipinski definition) is 3. The van der Waals surface area contributed by atoms with Crippen LogP contribution in [0.25, 0.3) is 0 Å². The lowest BCUT2D eigenvalue weighted by Gasteiger charge is -2.14. The van der Waals surface area contributed by atoms with Crippen LogP contribution in [0.1, 0.15) is 42.3 Å². The van der Waals surface area contributed by atoms with Gasteiger partial charge in [-0.3, -0.25) is 9.78 Å². The molecule has 4 heteroatoms. The van der Waals surface area contributed by atoms with Crippen LogP contribution in [-0.2, 0) is 6.42 Å². The Morgan fingerprint density at radius 3 is 2.74 bits per heavy atom. The van der Waals surface area contributed by atoms with Crippen LogP contribution >= 0.6 is 0 Å². The van der Waals surface area contributed by atoms with E-state index in [-0.39, 0.29) is 5.91 Å². The van der Waals surface area contributed by atoms with Gasteiger partial charge in [0.25, 0.3) is 5.91 Å². The van der Waals surface area contributed by atoms with E-state index in [4.69, 9.17) is 0 Å². The van der Waals surface area contributed by atoms with E-state index < -0.39 is 0 Å². The molecule has 2 aromatic rings. The topological polar surface area (TPSA) is 54.0 Å². The van der Waals surface area contributed by atoms with Gasteiger partial charge in [-0.25, -0.2) is 0 Å². The van der Waals surface area contributed by atoms with E-state index in [2.05, 4.69) is 36.4 Å². The molecule has 1 aromatic carbocycles. The van der Waals surface area contributed by atoms with Crippen molar-refractivity contribution in [3.05, 3.63) is 53.3 Å². The van der Waals surface area contributed by atoms with E-state index in [9.17, 15) is 4.79 Å². The Bertz CT molecular complexity index is 680. The molecule has 2 N–H and O–H groups in total. The summed E-state index contributed by atoms with van der Waals surface area (Å²) in [5.41, 5.74) is 4.54. The van der Waals surface area contributed by atoms with E-state index in [1.165, 1.54) is 0 Å². The number of amides is 1. The molecular weight excluding hydrogens is 286 g/mol. The van der Waals surface area contributed by atoms with E-state index in [1.807, 2.05) is 31.2 Å². The zero-order chi connectivity index (χ0) is 16.8. The minimum absolute atomic E-state index is 0.130. The van der Waals surface area contributed by atoms with Crippen LogP contribution in [0.3, 0.4) is 0 Å². The molecule has 0 radical (unpaired) electrons. The Morgan fingerprint density at radius 2 is 2.04 bits per heavy atom. The SMILES string of the molecule is CCc1cccc(C)c1NC(=O)c1cncc(NCC(C)C)c1. The molecule has 0 spiro atoms. The van der Waals surface area contributed by atoms with E-state index in [0.717, 1.165) is 35.5 Å². The Hall–Kier alpha value is -2.36. The lowest BCUT2D eigenvalue weighted by molar-refractivity contribution is 0.102. The van der Waals surface area contributed by atoms with Crippen molar-refractivity contribution in [3.8, 4) is 0 Å². The predicted molar refractivity (Wildman–Crippen MR) is 96.1 cm³/mol. The van der Waals surface area contributed by atoms with E-state index >= 15 is 0 Å². The predicted octanol–water partition coefficient (Wildman–Crippen LogP) is 4.27. The lowest BCUT2D eigenvalue weighted by Crippen LogP contribution is -2.15. The number of pyridine rings is 1. The molecule has 0 fully saturated rings. The number of carbonyl (C=O) groups excluding carboxylic acids is 1. The highest BCUT2D eigenvalue weighted by atomic mass is 16.1. The minimum atomic E-state index is -0.130. The second kappa shape index (κ2) is 7.77. The first-order chi connectivity index (χ1) is 11.0. The van der Waals surface area contributed by atoms with Crippen molar-refractivity contribution < 1.29 is 4.79 Å². The molecule has 0 aliphatic rings. The molecule has 23 heavy (non-hydrogen) atoms. The number of rotatable bonds is 6. The molecule has 4 nitrogen and oxygen atoms in total. The fourth-order valence-corrected chi connectivity index (χ4v) is 2.37. The molecule has 0 saturated carbocycles. The summed E-state index contributed by atoms with van der Waals surface area (Å²) in [5, 5.41) is 6.33. The largest absolute Gasteiger partial charge is 0.384 e. The maximum absolute atomic E-state index is 12.5. The van der Waals surface area contributed by atoms with E-state index in [0.29, 0.717) is 11.5 Å². The molecule has 0 atom stereocenters. The Kier molecular flexibility index (Phi) is 5.74. The van der Waals surface area contributed by atoms with Crippen molar-refractivity contribution in [1.29, 1.82) is 0 Å². The fourth-order valence-electron chi connectivity index (χ4n) is 2.37. The van der Waals surface area contributed by atoms with Gasteiger partial charge in [0.05, 0.1) is 11.3 Å². The lowest BCUT2D eigenvalue weighted by atomic mass is 10.1. The molecule has 0 aliphatic carbocycles. The van der Waals surface area contributed by atoms with Crippen LogP contribution < -0.4 is 10.6 Å².